The minimum Gasteiger partial charge on any atom is -0.100 e. The summed E-state index contributed by atoms with van der Waals surface area (Å²) in [6.07, 6.45) is 6.98. The molecule has 1 aliphatic carbocycles. The first kappa shape index (κ1) is 11.8. The Labute approximate surface area is 89.8 Å². The first-order chi connectivity index (χ1) is 6.39. The zero-order chi connectivity index (χ0) is 10.8. The lowest BCUT2D eigenvalue weighted by Gasteiger charge is -2.37. The minimum atomic E-state index is 0.522. The first-order valence-corrected chi connectivity index (χ1v) is 6.04. The summed E-state index contributed by atoms with van der Waals surface area (Å²) >= 11 is 0. The van der Waals surface area contributed by atoms with Crippen LogP contribution in [0.25, 0.3) is 0 Å². The molecule has 14 heavy (non-hydrogen) atoms. The predicted octanol–water partition coefficient (Wildman–Crippen LogP) is 4.81. The van der Waals surface area contributed by atoms with Crippen LogP contribution in [0.2, 0.25) is 0 Å². The van der Waals surface area contributed by atoms with Gasteiger partial charge < -0.3 is 0 Å². The zero-order valence-corrected chi connectivity index (χ0v) is 10.4. The van der Waals surface area contributed by atoms with Crippen LogP contribution in [-0.2, 0) is 0 Å². The van der Waals surface area contributed by atoms with Crippen LogP contribution >= 0.6 is 0 Å². The van der Waals surface area contributed by atoms with E-state index >= 15 is 0 Å². The average Bonchev–Trinajstić information content (AvgIpc) is 2.02. The molecule has 0 heteroatoms. The number of hydrogen-bond acceptors (Lipinski definition) is 0. The summed E-state index contributed by atoms with van der Waals surface area (Å²) in [4.78, 5) is 0. The Kier molecular flexibility index (Phi) is 3.80. The van der Waals surface area contributed by atoms with Crippen LogP contribution < -0.4 is 0 Å². The highest BCUT2D eigenvalue weighted by Crippen LogP contribution is 2.41. The molecule has 0 radical (unpaired) electrons. The highest BCUT2D eigenvalue weighted by Gasteiger charge is 2.29. The minimum absolute atomic E-state index is 0.522. The molecule has 0 unspecified atom stereocenters. The predicted molar refractivity (Wildman–Crippen MR) is 64.3 cm³/mol. The van der Waals surface area contributed by atoms with E-state index < -0.39 is 0 Å². The third-order valence-electron chi connectivity index (χ3n) is 3.71. The van der Waals surface area contributed by atoms with Crippen molar-refractivity contribution in [3.05, 3.63) is 12.2 Å². The van der Waals surface area contributed by atoms with Crippen LogP contribution in [0.5, 0.6) is 0 Å². The third kappa shape index (κ3) is 3.48. The summed E-state index contributed by atoms with van der Waals surface area (Å²) < 4.78 is 0. The average molecular weight is 194 g/mol. The van der Waals surface area contributed by atoms with Gasteiger partial charge in [-0.3, -0.25) is 0 Å². The molecule has 0 heterocycles. The van der Waals surface area contributed by atoms with Gasteiger partial charge in [0.15, 0.2) is 0 Å². The monoisotopic (exact) mass is 194 g/mol. The smallest absolute Gasteiger partial charge is 0.0297 e. The molecule has 0 N–H and O–H groups in total. The van der Waals surface area contributed by atoms with Crippen molar-refractivity contribution in [3.63, 3.8) is 0 Å². The fraction of sp³-hybridized carbons (Fsp3) is 0.857. The van der Waals surface area contributed by atoms with Gasteiger partial charge in [-0.2, -0.15) is 0 Å². The molecule has 1 saturated carbocycles. The van der Waals surface area contributed by atoms with E-state index in [0.29, 0.717) is 5.41 Å². The second kappa shape index (κ2) is 4.51. The molecule has 0 spiro atoms. The summed E-state index contributed by atoms with van der Waals surface area (Å²) in [6, 6.07) is 0. The van der Waals surface area contributed by atoms with E-state index in [0.717, 1.165) is 11.8 Å². The molecule has 0 nitrogen and oxygen atoms in total. The lowest BCUT2D eigenvalue weighted by molar-refractivity contribution is 0.150. The van der Waals surface area contributed by atoms with Gasteiger partial charge in [0.05, 0.1) is 0 Å². The Balaban J connectivity index is 2.35. The van der Waals surface area contributed by atoms with E-state index in [-0.39, 0.29) is 0 Å². The molecular formula is C14H26. The second-order valence-corrected chi connectivity index (χ2v) is 6.24. The van der Waals surface area contributed by atoms with Gasteiger partial charge in [-0.25, -0.2) is 0 Å². The molecule has 0 aromatic heterocycles. The fourth-order valence-corrected chi connectivity index (χ4v) is 2.73. The summed E-state index contributed by atoms with van der Waals surface area (Å²) in [6.45, 7) is 13.3. The maximum atomic E-state index is 4.02. The zero-order valence-electron chi connectivity index (χ0n) is 10.4. The number of hydrogen-bond donors (Lipinski definition) is 0. The van der Waals surface area contributed by atoms with Crippen molar-refractivity contribution in [2.75, 3.05) is 0 Å². The maximum Gasteiger partial charge on any atom is -0.0297 e. The van der Waals surface area contributed by atoms with Gasteiger partial charge in [0.25, 0.3) is 0 Å². The normalized spacial score (nSPS) is 28.9. The van der Waals surface area contributed by atoms with Gasteiger partial charge in [-0.1, -0.05) is 26.3 Å². The van der Waals surface area contributed by atoms with E-state index in [9.17, 15) is 0 Å². The summed E-state index contributed by atoms with van der Waals surface area (Å²) in [5.74, 6) is 1.88. The summed E-state index contributed by atoms with van der Waals surface area (Å²) in [5.41, 5.74) is 1.89. The van der Waals surface area contributed by atoms with Crippen LogP contribution in [0.3, 0.4) is 0 Å². The van der Waals surface area contributed by atoms with Crippen LogP contribution in [0.4, 0.5) is 0 Å². The Morgan fingerprint density at radius 3 is 2.00 bits per heavy atom. The van der Waals surface area contributed by atoms with Crippen molar-refractivity contribution >= 4 is 0 Å². The van der Waals surface area contributed by atoms with Crippen molar-refractivity contribution < 1.29 is 0 Å². The van der Waals surface area contributed by atoms with E-state index in [1.54, 1.807) is 0 Å². The second-order valence-electron chi connectivity index (χ2n) is 6.24. The number of allylic oxidation sites excluding steroid dienone is 1. The van der Waals surface area contributed by atoms with Crippen molar-refractivity contribution in [3.8, 4) is 0 Å². The van der Waals surface area contributed by atoms with Crippen molar-refractivity contribution in [2.24, 2.45) is 17.3 Å². The van der Waals surface area contributed by atoms with Gasteiger partial charge in [0.1, 0.15) is 0 Å². The Morgan fingerprint density at radius 1 is 1.14 bits per heavy atom. The SMILES string of the molecule is C=C(C)CC1CCC(C(C)(C)C)CC1. The molecule has 0 aromatic rings. The molecule has 1 aliphatic rings. The lowest BCUT2D eigenvalue weighted by atomic mass is 9.69. The standard InChI is InChI=1S/C14H26/c1-11(2)10-12-6-8-13(9-7-12)14(3,4)5/h12-13H,1,6-10H2,2-5H3. The van der Waals surface area contributed by atoms with Gasteiger partial charge in [-0.05, 0) is 56.3 Å². The molecule has 0 amide bonds. The number of rotatable bonds is 2. The molecule has 1 fully saturated rings. The van der Waals surface area contributed by atoms with Crippen LogP contribution in [0.1, 0.15) is 59.8 Å². The lowest BCUT2D eigenvalue weighted by Crippen LogP contribution is -2.25. The molecule has 0 atom stereocenters. The van der Waals surface area contributed by atoms with E-state index in [1.165, 1.54) is 37.7 Å². The third-order valence-corrected chi connectivity index (χ3v) is 3.71. The maximum absolute atomic E-state index is 4.02. The van der Waals surface area contributed by atoms with Gasteiger partial charge in [-0.15, -0.1) is 6.58 Å². The molecule has 0 aliphatic heterocycles. The molecule has 0 saturated heterocycles. The molecule has 0 bridgehead atoms. The topological polar surface area (TPSA) is 0 Å². The quantitative estimate of drug-likeness (QED) is 0.554. The van der Waals surface area contributed by atoms with E-state index in [4.69, 9.17) is 0 Å². The van der Waals surface area contributed by atoms with Crippen molar-refractivity contribution in [2.45, 2.75) is 59.8 Å². The first-order valence-electron chi connectivity index (χ1n) is 6.04. The van der Waals surface area contributed by atoms with E-state index in [1.807, 2.05) is 0 Å². The van der Waals surface area contributed by atoms with Gasteiger partial charge in [0.2, 0.25) is 0 Å². The highest BCUT2D eigenvalue weighted by molar-refractivity contribution is 4.92. The summed E-state index contributed by atoms with van der Waals surface area (Å²) in [5, 5.41) is 0. The van der Waals surface area contributed by atoms with Crippen LogP contribution in [-0.4, -0.2) is 0 Å². The Morgan fingerprint density at radius 2 is 1.64 bits per heavy atom. The Bertz CT molecular complexity index is 187. The molecule has 0 aromatic carbocycles. The van der Waals surface area contributed by atoms with E-state index in [2.05, 4.69) is 34.3 Å². The van der Waals surface area contributed by atoms with Crippen molar-refractivity contribution in [1.82, 2.24) is 0 Å². The van der Waals surface area contributed by atoms with Crippen molar-refractivity contribution in [1.29, 1.82) is 0 Å². The van der Waals surface area contributed by atoms with Gasteiger partial charge >= 0.3 is 0 Å². The van der Waals surface area contributed by atoms with Crippen LogP contribution in [0.15, 0.2) is 12.2 Å². The largest absolute Gasteiger partial charge is 0.100 e. The fourth-order valence-electron chi connectivity index (χ4n) is 2.73. The van der Waals surface area contributed by atoms with Gasteiger partial charge in [0, 0.05) is 0 Å². The van der Waals surface area contributed by atoms with Crippen LogP contribution in [0, 0.1) is 17.3 Å². The molecular weight excluding hydrogens is 168 g/mol. The Hall–Kier alpha value is -0.260. The summed E-state index contributed by atoms with van der Waals surface area (Å²) in [7, 11) is 0. The molecule has 1 rings (SSSR count). The highest BCUT2D eigenvalue weighted by atomic mass is 14.3. The molecule has 82 valence electrons.